The quantitative estimate of drug-likeness (QED) is 0.677. The Hall–Kier alpha value is -0.670. The third-order valence-corrected chi connectivity index (χ3v) is 1.07. The fourth-order valence-electron chi connectivity index (χ4n) is 0.394. The average Bonchev–Trinajstić information content (AvgIpc) is 2.01. The van der Waals surface area contributed by atoms with Crippen LogP contribution < -0.4 is 0 Å². The van der Waals surface area contributed by atoms with Gasteiger partial charge in [-0.3, -0.25) is 4.74 Å². The molecule has 0 aliphatic rings. The summed E-state index contributed by atoms with van der Waals surface area (Å²) in [5.41, 5.74) is 0. The summed E-state index contributed by atoms with van der Waals surface area (Å²) in [5, 5.41) is 0. The highest BCUT2D eigenvalue weighted by molar-refractivity contribution is 5.04. The van der Waals surface area contributed by atoms with Gasteiger partial charge in [-0.15, -0.1) is 0 Å². The molecule has 0 aromatic carbocycles. The van der Waals surface area contributed by atoms with E-state index < -0.39 is 31.2 Å². The summed E-state index contributed by atoms with van der Waals surface area (Å²) in [6, 6.07) is 0. The minimum absolute atomic E-state index is 2.29. The Labute approximate surface area is 76.8 Å². The van der Waals surface area contributed by atoms with Crippen molar-refractivity contribution in [3.63, 3.8) is 0 Å². The molecule has 10 heteroatoms. The topological polar surface area (TPSA) is 9.23 Å². The highest BCUT2D eigenvalue weighted by Crippen LogP contribution is 2.48. The lowest BCUT2D eigenvalue weighted by molar-refractivity contribution is -0.286. The Kier molecular flexibility index (Phi) is 4.26. The molecule has 0 bridgehead atoms. The van der Waals surface area contributed by atoms with Crippen LogP contribution in [0, 0.1) is 12.8 Å². The highest BCUT2D eigenvalue weighted by atomic mass is 19.3. The van der Waals surface area contributed by atoms with Crippen LogP contribution in [0.15, 0.2) is 0 Å². The molecule has 0 unspecified atom stereocenters. The Morgan fingerprint density at radius 3 is 1.53 bits per heavy atom. The molecule has 0 heterocycles. The van der Waals surface area contributed by atoms with Gasteiger partial charge in [0, 0.05) is 0 Å². The van der Waals surface area contributed by atoms with Crippen LogP contribution in [0.25, 0.3) is 0 Å². The molecule has 0 amide bonds. The largest absolute Gasteiger partial charge is 0.384 e. The maximum atomic E-state index is 12.1. The zero-order valence-electron chi connectivity index (χ0n) is 6.39. The standard InChI is InChI=1S/C5HF9O/c6-1(7)4(11,12)5(13,14)2(8)15-3(9)10/h3H. The van der Waals surface area contributed by atoms with Gasteiger partial charge < -0.3 is 0 Å². The van der Waals surface area contributed by atoms with Gasteiger partial charge in [0.05, 0.1) is 0 Å². The summed E-state index contributed by atoms with van der Waals surface area (Å²) in [6.45, 7) is -4.17. The van der Waals surface area contributed by atoms with Crippen LogP contribution in [-0.4, -0.2) is 18.5 Å². The number of halogens is 9. The molecule has 0 aliphatic heterocycles. The number of alkyl halides is 6. The molecule has 0 atom stereocenters. The van der Waals surface area contributed by atoms with Crippen molar-refractivity contribution in [1.29, 1.82) is 0 Å². The molecule has 0 spiro atoms. The van der Waals surface area contributed by atoms with Gasteiger partial charge in [-0.1, -0.05) is 0 Å². The van der Waals surface area contributed by atoms with Gasteiger partial charge in [0.15, 0.2) is 0 Å². The van der Waals surface area contributed by atoms with E-state index in [0.717, 1.165) is 0 Å². The average molecular weight is 248 g/mol. The smallest absolute Gasteiger partial charge is 0.275 e. The summed E-state index contributed by atoms with van der Waals surface area (Å²) >= 11 is 0. The lowest BCUT2D eigenvalue weighted by Crippen LogP contribution is -2.47. The van der Waals surface area contributed by atoms with Crippen molar-refractivity contribution < 1.29 is 44.3 Å². The van der Waals surface area contributed by atoms with Crippen molar-refractivity contribution in [2.45, 2.75) is 18.5 Å². The minimum Gasteiger partial charge on any atom is -0.275 e. The lowest BCUT2D eigenvalue weighted by Gasteiger charge is -2.25. The van der Waals surface area contributed by atoms with Crippen LogP contribution in [0.4, 0.5) is 39.5 Å². The maximum absolute atomic E-state index is 12.1. The summed E-state index contributed by atoms with van der Waals surface area (Å²) in [7, 11) is 0. The van der Waals surface area contributed by atoms with Gasteiger partial charge in [0.1, 0.15) is 0 Å². The molecule has 0 saturated carbocycles. The second kappa shape index (κ2) is 4.45. The van der Waals surface area contributed by atoms with E-state index in [1.54, 1.807) is 0 Å². The molecule has 0 aromatic heterocycles. The molecule has 90 valence electrons. The third-order valence-electron chi connectivity index (χ3n) is 1.07. The zero-order chi connectivity index (χ0) is 12.4. The Morgan fingerprint density at radius 1 is 0.867 bits per heavy atom. The van der Waals surface area contributed by atoms with E-state index in [-0.39, 0.29) is 0 Å². The minimum atomic E-state index is -6.22. The first kappa shape index (κ1) is 14.3. The van der Waals surface area contributed by atoms with Crippen molar-refractivity contribution in [2.24, 2.45) is 0 Å². The van der Waals surface area contributed by atoms with Crippen LogP contribution >= 0.6 is 0 Å². The molecule has 0 N–H and O–H groups in total. The molecule has 2 radical (unpaired) electrons. The molecule has 1 nitrogen and oxygen atoms in total. The van der Waals surface area contributed by atoms with Gasteiger partial charge in [-0.25, -0.2) is 0 Å². The number of rotatable bonds is 5. The Bertz CT molecular complexity index is 203. The van der Waals surface area contributed by atoms with Crippen LogP contribution in [0.5, 0.6) is 0 Å². The second-order valence-electron chi connectivity index (χ2n) is 2.06. The van der Waals surface area contributed by atoms with Crippen molar-refractivity contribution in [1.82, 2.24) is 0 Å². The molecule has 0 rings (SSSR count). The molecular weight excluding hydrogens is 247 g/mol. The van der Waals surface area contributed by atoms with E-state index in [2.05, 4.69) is 4.74 Å². The van der Waals surface area contributed by atoms with E-state index in [1.807, 2.05) is 0 Å². The molecular formula is C5HF9O. The monoisotopic (exact) mass is 248 g/mol. The van der Waals surface area contributed by atoms with E-state index in [1.165, 1.54) is 0 Å². The van der Waals surface area contributed by atoms with E-state index in [0.29, 0.717) is 0 Å². The first-order valence-electron chi connectivity index (χ1n) is 2.95. The summed E-state index contributed by atoms with van der Waals surface area (Å²) < 4.78 is 107. The number of hydrogen-bond donors (Lipinski definition) is 0. The fraction of sp³-hybridized carbons (Fsp3) is 0.600. The van der Waals surface area contributed by atoms with Crippen molar-refractivity contribution in [3.05, 3.63) is 12.8 Å². The first-order chi connectivity index (χ1) is 6.53. The van der Waals surface area contributed by atoms with Gasteiger partial charge >= 0.3 is 31.2 Å². The Morgan fingerprint density at radius 2 is 1.27 bits per heavy atom. The first-order valence-corrected chi connectivity index (χ1v) is 2.95. The maximum Gasteiger partial charge on any atom is 0.384 e. The van der Waals surface area contributed by atoms with Gasteiger partial charge in [-0.2, -0.15) is 39.5 Å². The third kappa shape index (κ3) is 2.89. The number of hydrogen-bond acceptors (Lipinski definition) is 1. The van der Waals surface area contributed by atoms with Crippen molar-refractivity contribution >= 4 is 0 Å². The molecule has 0 fully saturated rings. The second-order valence-corrected chi connectivity index (χ2v) is 2.06. The SMILES string of the molecule is F[C](F)C(F)(F)C(F)(F)[C](F)OC(F)F. The van der Waals surface area contributed by atoms with E-state index >= 15 is 0 Å². The van der Waals surface area contributed by atoms with Crippen LogP contribution in [0.3, 0.4) is 0 Å². The van der Waals surface area contributed by atoms with Crippen LogP contribution in [0.2, 0.25) is 0 Å². The van der Waals surface area contributed by atoms with Crippen LogP contribution in [-0.2, 0) is 4.74 Å². The molecule has 0 aromatic rings. The summed E-state index contributed by atoms with van der Waals surface area (Å²) in [4.78, 5) is 0. The molecule has 0 saturated heterocycles. The zero-order valence-corrected chi connectivity index (χ0v) is 6.39. The Balaban J connectivity index is 4.79. The highest BCUT2D eigenvalue weighted by Gasteiger charge is 2.70. The fourth-order valence-corrected chi connectivity index (χ4v) is 0.394. The predicted molar refractivity (Wildman–Crippen MR) is 26.8 cm³/mol. The van der Waals surface area contributed by atoms with Gasteiger partial charge in [0.2, 0.25) is 0 Å². The molecule has 15 heavy (non-hydrogen) atoms. The van der Waals surface area contributed by atoms with Crippen LogP contribution in [0.1, 0.15) is 0 Å². The van der Waals surface area contributed by atoms with E-state index in [9.17, 15) is 39.5 Å². The lowest BCUT2D eigenvalue weighted by atomic mass is 10.2. The molecule has 0 aliphatic carbocycles. The predicted octanol–water partition coefficient (Wildman–Crippen LogP) is 3.38. The summed E-state index contributed by atoms with van der Waals surface area (Å²) in [6.07, 6.45) is -7.81. The van der Waals surface area contributed by atoms with Gasteiger partial charge in [0.25, 0.3) is 0 Å². The van der Waals surface area contributed by atoms with Crippen molar-refractivity contribution in [2.75, 3.05) is 0 Å². The number of ether oxygens (including phenoxy) is 1. The normalized spacial score (nSPS) is 14.4. The summed E-state index contributed by atoms with van der Waals surface area (Å²) in [5.74, 6) is -12.4. The van der Waals surface area contributed by atoms with E-state index in [4.69, 9.17) is 0 Å². The van der Waals surface area contributed by atoms with Gasteiger partial charge in [-0.05, 0) is 0 Å². The van der Waals surface area contributed by atoms with Crippen molar-refractivity contribution in [3.8, 4) is 0 Å².